The first-order valence-electron chi connectivity index (χ1n) is 6.09. The van der Waals surface area contributed by atoms with Gasteiger partial charge in [-0.15, -0.1) is 0 Å². The molecule has 1 unspecified atom stereocenters. The third-order valence-electron chi connectivity index (χ3n) is 2.35. The molecule has 1 amide bonds. The molecule has 1 rings (SSSR count). The van der Waals surface area contributed by atoms with E-state index in [1.54, 1.807) is 39.8 Å². The summed E-state index contributed by atoms with van der Waals surface area (Å²) in [6, 6.07) is 5.01. The Morgan fingerprint density at radius 1 is 1.45 bits per heavy atom. The summed E-state index contributed by atoms with van der Waals surface area (Å²) in [6.07, 6.45) is 0.983. The lowest BCUT2D eigenvalue weighted by Crippen LogP contribution is -2.27. The van der Waals surface area contributed by atoms with Crippen molar-refractivity contribution in [1.29, 1.82) is 0 Å². The number of aliphatic imine (C=N–C) groups is 1. The molecular formula is C14H17BrN2O3. The number of rotatable bonds is 3. The summed E-state index contributed by atoms with van der Waals surface area (Å²) in [4.78, 5) is 25.7. The smallest absolute Gasteiger partial charge is 0.412 e. The molecule has 0 saturated heterocycles. The zero-order chi connectivity index (χ0) is 15.3. The van der Waals surface area contributed by atoms with Crippen LogP contribution in [0.5, 0.6) is 0 Å². The summed E-state index contributed by atoms with van der Waals surface area (Å²) in [5.41, 5.74) is 0.788. The molecule has 6 heteroatoms. The number of halogens is 1. The summed E-state index contributed by atoms with van der Waals surface area (Å²) in [6.45, 7) is 7.14. The molecule has 20 heavy (non-hydrogen) atoms. The SMILES string of the molecule is CC(N=C=O)c1ccc(Br)c(NC(=O)OC(C)(C)C)c1. The Hall–Kier alpha value is -1.65. The van der Waals surface area contributed by atoms with Crippen LogP contribution in [-0.4, -0.2) is 17.8 Å². The van der Waals surface area contributed by atoms with Gasteiger partial charge in [-0.05, 0) is 61.3 Å². The van der Waals surface area contributed by atoms with Crippen molar-refractivity contribution < 1.29 is 14.3 Å². The molecule has 1 aromatic rings. The molecule has 0 heterocycles. The Bertz CT molecular complexity index is 546. The first kappa shape index (κ1) is 16.4. The fourth-order valence-electron chi connectivity index (χ4n) is 1.47. The Balaban J connectivity index is 2.92. The predicted octanol–water partition coefficient (Wildman–Crippen LogP) is 4.19. The minimum atomic E-state index is -0.566. The van der Waals surface area contributed by atoms with Gasteiger partial charge in [-0.2, -0.15) is 4.99 Å². The van der Waals surface area contributed by atoms with Gasteiger partial charge in [-0.1, -0.05) is 6.07 Å². The van der Waals surface area contributed by atoms with Gasteiger partial charge in [0.25, 0.3) is 0 Å². The van der Waals surface area contributed by atoms with E-state index in [1.165, 1.54) is 6.08 Å². The van der Waals surface area contributed by atoms with Gasteiger partial charge < -0.3 is 4.74 Å². The van der Waals surface area contributed by atoms with Crippen LogP contribution in [0.3, 0.4) is 0 Å². The van der Waals surface area contributed by atoms with Crippen molar-refractivity contribution in [3.8, 4) is 0 Å². The third-order valence-corrected chi connectivity index (χ3v) is 3.05. The van der Waals surface area contributed by atoms with E-state index in [9.17, 15) is 9.59 Å². The molecule has 5 nitrogen and oxygen atoms in total. The lowest BCUT2D eigenvalue weighted by atomic mass is 10.1. The first-order valence-corrected chi connectivity index (χ1v) is 6.88. The maximum atomic E-state index is 11.7. The molecule has 0 aliphatic carbocycles. The second-order valence-electron chi connectivity index (χ2n) is 5.26. The topological polar surface area (TPSA) is 67.8 Å². The van der Waals surface area contributed by atoms with E-state index in [-0.39, 0.29) is 6.04 Å². The highest BCUT2D eigenvalue weighted by Gasteiger charge is 2.17. The number of ether oxygens (including phenoxy) is 1. The van der Waals surface area contributed by atoms with Gasteiger partial charge in [0.1, 0.15) is 5.60 Å². The molecule has 108 valence electrons. The third kappa shape index (κ3) is 5.15. The van der Waals surface area contributed by atoms with Crippen LogP contribution in [0, 0.1) is 0 Å². The minimum absolute atomic E-state index is 0.320. The van der Waals surface area contributed by atoms with Crippen molar-refractivity contribution in [2.45, 2.75) is 39.3 Å². The zero-order valence-corrected chi connectivity index (χ0v) is 13.4. The van der Waals surface area contributed by atoms with E-state index in [4.69, 9.17) is 4.74 Å². The Morgan fingerprint density at radius 3 is 2.65 bits per heavy atom. The number of hydrogen-bond donors (Lipinski definition) is 1. The molecule has 1 N–H and O–H groups in total. The van der Waals surface area contributed by atoms with Crippen LogP contribution in [0.1, 0.15) is 39.3 Å². The Labute approximate surface area is 126 Å². The lowest BCUT2D eigenvalue weighted by molar-refractivity contribution is 0.0636. The molecule has 0 radical (unpaired) electrons. The van der Waals surface area contributed by atoms with Crippen LogP contribution in [0.4, 0.5) is 10.5 Å². The number of benzene rings is 1. The van der Waals surface area contributed by atoms with E-state index in [0.717, 1.165) is 10.0 Å². The van der Waals surface area contributed by atoms with E-state index in [0.29, 0.717) is 5.69 Å². The first-order chi connectivity index (χ1) is 9.23. The largest absolute Gasteiger partial charge is 0.444 e. The maximum absolute atomic E-state index is 11.7. The van der Waals surface area contributed by atoms with Crippen LogP contribution in [-0.2, 0) is 9.53 Å². The van der Waals surface area contributed by atoms with E-state index >= 15 is 0 Å². The highest BCUT2D eigenvalue weighted by molar-refractivity contribution is 9.10. The highest BCUT2D eigenvalue weighted by Crippen LogP contribution is 2.28. The molecule has 0 spiro atoms. The van der Waals surface area contributed by atoms with Crippen LogP contribution in [0.2, 0.25) is 0 Å². The summed E-state index contributed by atoms with van der Waals surface area (Å²) < 4.78 is 5.90. The van der Waals surface area contributed by atoms with Crippen molar-refractivity contribution in [3.63, 3.8) is 0 Å². The number of carbonyl (C=O) groups is 1. The molecule has 0 fully saturated rings. The molecule has 0 bridgehead atoms. The molecule has 0 saturated carbocycles. The fourth-order valence-corrected chi connectivity index (χ4v) is 1.81. The van der Waals surface area contributed by atoms with Crippen molar-refractivity contribution >= 4 is 33.8 Å². The average molecular weight is 341 g/mol. The predicted molar refractivity (Wildman–Crippen MR) is 80.5 cm³/mol. The van der Waals surface area contributed by atoms with Gasteiger partial charge in [0.05, 0.1) is 11.7 Å². The van der Waals surface area contributed by atoms with Crippen LogP contribution >= 0.6 is 15.9 Å². The number of anilines is 1. The number of nitrogens with zero attached hydrogens (tertiary/aromatic N) is 1. The molecule has 1 atom stereocenters. The Kier molecular flexibility index (Phi) is 5.48. The van der Waals surface area contributed by atoms with Gasteiger partial charge in [-0.25, -0.2) is 9.59 Å². The van der Waals surface area contributed by atoms with Crippen LogP contribution in [0.15, 0.2) is 27.7 Å². The highest BCUT2D eigenvalue weighted by atomic mass is 79.9. The van der Waals surface area contributed by atoms with Crippen LogP contribution < -0.4 is 5.32 Å². The van der Waals surface area contributed by atoms with Crippen molar-refractivity contribution in [2.24, 2.45) is 4.99 Å². The quantitative estimate of drug-likeness (QED) is 0.662. The van der Waals surface area contributed by atoms with Gasteiger partial charge in [-0.3, -0.25) is 5.32 Å². The molecule has 0 aliphatic rings. The van der Waals surface area contributed by atoms with Crippen molar-refractivity contribution in [3.05, 3.63) is 28.2 Å². The van der Waals surface area contributed by atoms with E-state index < -0.39 is 11.7 Å². The van der Waals surface area contributed by atoms with Gasteiger partial charge in [0.15, 0.2) is 0 Å². The fraction of sp³-hybridized carbons (Fsp3) is 0.429. The standard InChI is InChI=1S/C14H17BrN2O3/c1-9(16-8-18)10-5-6-11(15)12(7-10)17-13(19)20-14(2,3)4/h5-7,9H,1-4H3,(H,17,19). The normalized spacial score (nSPS) is 12.2. The van der Waals surface area contributed by atoms with E-state index in [2.05, 4.69) is 26.2 Å². The average Bonchev–Trinajstić information content (AvgIpc) is 2.29. The van der Waals surface area contributed by atoms with Gasteiger partial charge in [0, 0.05) is 4.47 Å². The zero-order valence-electron chi connectivity index (χ0n) is 11.9. The minimum Gasteiger partial charge on any atom is -0.444 e. The molecule has 0 aliphatic heterocycles. The summed E-state index contributed by atoms with van der Waals surface area (Å²) >= 11 is 3.35. The number of amides is 1. The lowest BCUT2D eigenvalue weighted by Gasteiger charge is -2.20. The van der Waals surface area contributed by atoms with Gasteiger partial charge in [0.2, 0.25) is 6.08 Å². The second kappa shape index (κ2) is 6.68. The Morgan fingerprint density at radius 2 is 2.10 bits per heavy atom. The number of nitrogens with one attached hydrogen (secondary N) is 1. The van der Waals surface area contributed by atoms with Crippen molar-refractivity contribution in [2.75, 3.05) is 5.32 Å². The molecular weight excluding hydrogens is 324 g/mol. The number of isocyanates is 1. The summed E-state index contributed by atoms with van der Waals surface area (Å²) in [7, 11) is 0. The second-order valence-corrected chi connectivity index (χ2v) is 6.12. The molecule has 1 aromatic carbocycles. The maximum Gasteiger partial charge on any atom is 0.412 e. The number of hydrogen-bond acceptors (Lipinski definition) is 4. The van der Waals surface area contributed by atoms with Crippen molar-refractivity contribution in [1.82, 2.24) is 0 Å². The van der Waals surface area contributed by atoms with Gasteiger partial charge >= 0.3 is 6.09 Å². The number of carbonyl (C=O) groups excluding carboxylic acids is 2. The van der Waals surface area contributed by atoms with E-state index in [1.807, 2.05) is 6.07 Å². The summed E-state index contributed by atoms with van der Waals surface area (Å²) in [5.74, 6) is 0. The monoisotopic (exact) mass is 340 g/mol. The summed E-state index contributed by atoms with van der Waals surface area (Å²) in [5, 5.41) is 2.66. The molecule has 0 aromatic heterocycles. The van der Waals surface area contributed by atoms with Crippen LogP contribution in [0.25, 0.3) is 0 Å².